The predicted molar refractivity (Wildman–Crippen MR) is 108 cm³/mol. The van der Waals surface area contributed by atoms with E-state index in [1.54, 1.807) is 7.05 Å². The molecule has 0 spiro atoms. The van der Waals surface area contributed by atoms with Crippen LogP contribution in [0.1, 0.15) is 5.56 Å². The standard InChI is InChI=1S/C16H14IN3O2S2/c1-9-7-10(17)3-4-11(9)18-13(21)8-24-16-19-12-5-6-23-14(12)15(22)20(16)2/h3-7H,8H2,1-2H3,(H,18,21). The summed E-state index contributed by atoms with van der Waals surface area (Å²) >= 11 is 4.88. The van der Waals surface area contributed by atoms with Gasteiger partial charge in [0.05, 0.1) is 11.3 Å². The summed E-state index contributed by atoms with van der Waals surface area (Å²) in [4.78, 5) is 28.9. The minimum absolute atomic E-state index is 0.0774. The van der Waals surface area contributed by atoms with Crippen molar-refractivity contribution in [3.8, 4) is 0 Å². The Morgan fingerprint density at radius 3 is 2.96 bits per heavy atom. The van der Waals surface area contributed by atoms with Crippen molar-refractivity contribution in [1.82, 2.24) is 9.55 Å². The van der Waals surface area contributed by atoms with Gasteiger partial charge in [-0.3, -0.25) is 14.2 Å². The molecule has 0 fully saturated rings. The Bertz CT molecular complexity index is 981. The molecule has 124 valence electrons. The normalized spacial score (nSPS) is 11.0. The van der Waals surface area contributed by atoms with Crippen LogP contribution in [0.3, 0.4) is 0 Å². The fourth-order valence-corrected chi connectivity index (χ4v) is 4.40. The molecule has 1 N–H and O–H groups in total. The number of thioether (sulfide) groups is 1. The van der Waals surface area contributed by atoms with Gasteiger partial charge in [0.15, 0.2) is 5.16 Å². The van der Waals surface area contributed by atoms with Crippen molar-refractivity contribution in [3.05, 3.63) is 49.1 Å². The van der Waals surface area contributed by atoms with Gasteiger partial charge in [-0.2, -0.15) is 0 Å². The summed E-state index contributed by atoms with van der Waals surface area (Å²) < 4.78 is 3.26. The highest BCUT2D eigenvalue weighted by atomic mass is 127. The summed E-state index contributed by atoms with van der Waals surface area (Å²) in [5, 5.41) is 5.29. The summed E-state index contributed by atoms with van der Waals surface area (Å²) in [7, 11) is 1.68. The number of hydrogen-bond donors (Lipinski definition) is 1. The number of rotatable bonds is 4. The Hall–Kier alpha value is -1.39. The fraction of sp³-hybridized carbons (Fsp3) is 0.188. The lowest BCUT2D eigenvalue weighted by Gasteiger charge is -2.10. The highest BCUT2D eigenvalue weighted by molar-refractivity contribution is 14.1. The zero-order chi connectivity index (χ0) is 17.3. The highest BCUT2D eigenvalue weighted by Crippen LogP contribution is 2.21. The van der Waals surface area contributed by atoms with Crippen molar-refractivity contribution in [1.29, 1.82) is 0 Å². The van der Waals surface area contributed by atoms with Crippen molar-refractivity contribution in [2.75, 3.05) is 11.1 Å². The van der Waals surface area contributed by atoms with Gasteiger partial charge in [-0.15, -0.1) is 11.3 Å². The average Bonchev–Trinajstić information content (AvgIpc) is 3.01. The number of nitrogens with one attached hydrogen (secondary N) is 1. The van der Waals surface area contributed by atoms with Gasteiger partial charge >= 0.3 is 0 Å². The zero-order valence-electron chi connectivity index (χ0n) is 13.0. The molecular weight excluding hydrogens is 457 g/mol. The SMILES string of the molecule is Cc1cc(I)ccc1NC(=O)CSc1nc2ccsc2c(=O)n1C. The maximum Gasteiger partial charge on any atom is 0.271 e. The van der Waals surface area contributed by atoms with Gasteiger partial charge in [-0.1, -0.05) is 11.8 Å². The molecule has 3 aromatic rings. The van der Waals surface area contributed by atoms with Crippen LogP contribution in [0.15, 0.2) is 39.6 Å². The second kappa shape index (κ2) is 7.24. The van der Waals surface area contributed by atoms with Crippen molar-refractivity contribution in [2.45, 2.75) is 12.1 Å². The van der Waals surface area contributed by atoms with Crippen LogP contribution < -0.4 is 10.9 Å². The van der Waals surface area contributed by atoms with Crippen LogP contribution >= 0.6 is 45.7 Å². The van der Waals surface area contributed by atoms with Gasteiger partial charge in [0, 0.05) is 16.3 Å². The Kier molecular flexibility index (Phi) is 5.26. The average molecular weight is 471 g/mol. The second-order valence-corrected chi connectivity index (χ2v) is 8.29. The Morgan fingerprint density at radius 2 is 2.21 bits per heavy atom. The molecular formula is C16H14IN3O2S2. The number of halogens is 1. The van der Waals surface area contributed by atoms with Crippen LogP contribution in [-0.4, -0.2) is 21.2 Å². The van der Waals surface area contributed by atoms with E-state index in [-0.39, 0.29) is 17.2 Å². The summed E-state index contributed by atoms with van der Waals surface area (Å²) in [6.07, 6.45) is 0. The van der Waals surface area contributed by atoms with E-state index in [0.29, 0.717) is 15.4 Å². The number of thiophene rings is 1. The molecule has 0 saturated carbocycles. The molecule has 0 unspecified atom stereocenters. The van der Waals surface area contributed by atoms with E-state index in [9.17, 15) is 9.59 Å². The number of anilines is 1. The Labute approximate surface area is 160 Å². The number of carbonyl (C=O) groups is 1. The summed E-state index contributed by atoms with van der Waals surface area (Å²) in [6.45, 7) is 1.96. The van der Waals surface area contributed by atoms with Crippen LogP contribution in [0.4, 0.5) is 5.69 Å². The molecule has 0 atom stereocenters. The lowest BCUT2D eigenvalue weighted by atomic mass is 10.2. The second-order valence-electron chi connectivity index (χ2n) is 5.19. The van der Waals surface area contributed by atoms with Crippen LogP contribution in [-0.2, 0) is 11.8 Å². The smallest absolute Gasteiger partial charge is 0.271 e. The zero-order valence-corrected chi connectivity index (χ0v) is 16.8. The highest BCUT2D eigenvalue weighted by Gasteiger charge is 2.12. The number of nitrogens with zero attached hydrogens (tertiary/aromatic N) is 2. The van der Waals surface area contributed by atoms with Gasteiger partial charge < -0.3 is 5.32 Å². The van der Waals surface area contributed by atoms with Crippen LogP contribution in [0.5, 0.6) is 0 Å². The molecule has 2 heterocycles. The summed E-state index contributed by atoms with van der Waals surface area (Å²) in [5.41, 5.74) is 2.42. The van der Waals surface area contributed by atoms with Gasteiger partial charge in [0.1, 0.15) is 4.70 Å². The molecule has 0 saturated heterocycles. The number of fused-ring (bicyclic) bond motifs is 1. The van der Waals surface area contributed by atoms with Crippen LogP contribution in [0.25, 0.3) is 10.2 Å². The molecule has 1 amide bonds. The quantitative estimate of drug-likeness (QED) is 0.359. The number of amides is 1. The third-order valence-electron chi connectivity index (χ3n) is 3.44. The monoisotopic (exact) mass is 471 g/mol. The molecule has 0 bridgehead atoms. The molecule has 0 aliphatic heterocycles. The topological polar surface area (TPSA) is 64.0 Å². The third kappa shape index (κ3) is 3.65. The van der Waals surface area contributed by atoms with Gasteiger partial charge in [0.25, 0.3) is 5.56 Å². The van der Waals surface area contributed by atoms with Crippen molar-refractivity contribution in [2.24, 2.45) is 7.05 Å². The van der Waals surface area contributed by atoms with Crippen molar-refractivity contribution in [3.63, 3.8) is 0 Å². The van der Waals surface area contributed by atoms with Crippen LogP contribution in [0, 0.1) is 10.5 Å². The first-order chi connectivity index (χ1) is 11.5. The third-order valence-corrected chi connectivity index (χ3v) is 6.03. The maximum absolute atomic E-state index is 12.2. The van der Waals surface area contributed by atoms with E-state index in [4.69, 9.17) is 0 Å². The number of benzene rings is 1. The number of aromatic nitrogens is 2. The molecule has 5 nitrogen and oxygen atoms in total. The fourth-order valence-electron chi connectivity index (χ4n) is 2.18. The van der Waals surface area contributed by atoms with E-state index in [2.05, 4.69) is 32.9 Å². The largest absolute Gasteiger partial charge is 0.325 e. The maximum atomic E-state index is 12.2. The number of aryl methyl sites for hydroxylation is 1. The summed E-state index contributed by atoms with van der Waals surface area (Å²) in [5.74, 6) is 0.0745. The number of hydrogen-bond acceptors (Lipinski definition) is 5. The van der Waals surface area contributed by atoms with Crippen molar-refractivity contribution < 1.29 is 4.79 Å². The van der Waals surface area contributed by atoms with E-state index in [1.165, 1.54) is 27.7 Å². The molecule has 2 aromatic heterocycles. The Balaban J connectivity index is 1.72. The van der Waals surface area contributed by atoms with Crippen molar-refractivity contribution >= 4 is 67.5 Å². The molecule has 24 heavy (non-hydrogen) atoms. The molecule has 8 heteroatoms. The molecule has 1 aromatic carbocycles. The molecule has 3 rings (SSSR count). The minimum atomic E-state index is -0.121. The Morgan fingerprint density at radius 1 is 1.42 bits per heavy atom. The van der Waals surface area contributed by atoms with Gasteiger partial charge in [-0.25, -0.2) is 4.98 Å². The van der Waals surface area contributed by atoms with E-state index in [0.717, 1.165) is 14.8 Å². The number of carbonyl (C=O) groups excluding carboxylic acids is 1. The first-order valence-electron chi connectivity index (χ1n) is 7.09. The van der Waals surface area contributed by atoms with E-state index >= 15 is 0 Å². The minimum Gasteiger partial charge on any atom is -0.325 e. The molecule has 0 aliphatic rings. The first-order valence-corrected chi connectivity index (χ1v) is 10.0. The van der Waals surface area contributed by atoms with Gasteiger partial charge in [0.2, 0.25) is 5.91 Å². The molecule has 0 radical (unpaired) electrons. The van der Waals surface area contributed by atoms with Gasteiger partial charge in [-0.05, 0) is 64.7 Å². The lowest BCUT2D eigenvalue weighted by Crippen LogP contribution is -2.20. The predicted octanol–water partition coefficient (Wildman–Crippen LogP) is 3.64. The summed E-state index contributed by atoms with van der Waals surface area (Å²) in [6, 6.07) is 7.68. The lowest BCUT2D eigenvalue weighted by molar-refractivity contribution is -0.113. The first kappa shape index (κ1) is 17.4. The molecule has 0 aliphatic carbocycles. The van der Waals surface area contributed by atoms with E-state index in [1.807, 2.05) is 36.6 Å². The van der Waals surface area contributed by atoms with Crippen LogP contribution in [0.2, 0.25) is 0 Å². The van der Waals surface area contributed by atoms with E-state index < -0.39 is 0 Å².